The number of halogens is 2. The monoisotopic (exact) mass is 384 g/mol. The molecule has 0 aliphatic heterocycles. The third kappa shape index (κ3) is 3.12. The van der Waals surface area contributed by atoms with E-state index in [0.29, 0.717) is 0 Å². The summed E-state index contributed by atoms with van der Waals surface area (Å²) in [4.78, 5) is 32.7. The fraction of sp³-hybridized carbons (Fsp3) is 0. The number of benzene rings is 2. The lowest BCUT2D eigenvalue weighted by atomic mass is 10.0. The van der Waals surface area contributed by atoms with Gasteiger partial charge in [0.15, 0.2) is 5.78 Å². The fourth-order valence-electron chi connectivity index (χ4n) is 1.75. The standard InChI is InChI=1S/C13H6BrClN2O5/c14-9-3-1-7(5-11(9)16(19)20)13(18)8-2-4-10(15)12(6-8)17(21)22/h1-6H. The molecule has 22 heavy (non-hydrogen) atoms. The molecule has 0 saturated heterocycles. The number of rotatable bonds is 4. The Kier molecular flexibility index (Phi) is 4.53. The summed E-state index contributed by atoms with van der Waals surface area (Å²) in [6.45, 7) is 0. The van der Waals surface area contributed by atoms with Crippen LogP contribution >= 0.6 is 27.5 Å². The largest absolute Gasteiger partial charge is 0.289 e. The first-order valence-corrected chi connectivity index (χ1v) is 6.91. The average Bonchev–Trinajstić information content (AvgIpc) is 2.47. The first-order chi connectivity index (χ1) is 10.3. The minimum absolute atomic E-state index is 0.0210. The Labute approximate surface area is 136 Å². The molecule has 0 aromatic heterocycles. The highest BCUT2D eigenvalue weighted by Crippen LogP contribution is 2.29. The number of nitrogens with zero attached hydrogens (tertiary/aromatic N) is 2. The number of nitro groups is 2. The third-order valence-electron chi connectivity index (χ3n) is 2.81. The second-order valence-corrected chi connectivity index (χ2v) is 5.44. The maximum Gasteiger partial charge on any atom is 0.288 e. The quantitative estimate of drug-likeness (QED) is 0.447. The lowest BCUT2D eigenvalue weighted by Gasteiger charge is -2.03. The van der Waals surface area contributed by atoms with Crippen molar-refractivity contribution in [1.29, 1.82) is 0 Å². The van der Waals surface area contributed by atoms with Crippen molar-refractivity contribution in [3.05, 3.63) is 77.2 Å². The molecule has 0 atom stereocenters. The normalized spacial score (nSPS) is 10.3. The van der Waals surface area contributed by atoms with Gasteiger partial charge < -0.3 is 0 Å². The van der Waals surface area contributed by atoms with E-state index in [1.807, 2.05) is 0 Å². The molecule has 112 valence electrons. The molecule has 2 aromatic rings. The van der Waals surface area contributed by atoms with E-state index >= 15 is 0 Å². The van der Waals surface area contributed by atoms with Crippen LogP contribution in [0.25, 0.3) is 0 Å². The van der Waals surface area contributed by atoms with Gasteiger partial charge in [0.1, 0.15) is 5.02 Å². The van der Waals surface area contributed by atoms with Gasteiger partial charge in [-0.1, -0.05) is 11.6 Å². The van der Waals surface area contributed by atoms with Crippen LogP contribution in [0.4, 0.5) is 11.4 Å². The number of carbonyl (C=O) groups excluding carboxylic acids is 1. The summed E-state index contributed by atoms with van der Waals surface area (Å²) in [7, 11) is 0. The van der Waals surface area contributed by atoms with Crippen LogP contribution in [0.3, 0.4) is 0 Å². The van der Waals surface area contributed by atoms with Gasteiger partial charge in [0.2, 0.25) is 0 Å². The molecule has 0 saturated carbocycles. The SMILES string of the molecule is O=C(c1ccc(Cl)c([N+](=O)[O-])c1)c1ccc(Br)c([N+](=O)[O-])c1. The molecular weight excluding hydrogens is 380 g/mol. The second kappa shape index (κ2) is 6.20. The number of nitro benzene ring substituents is 2. The van der Waals surface area contributed by atoms with E-state index in [4.69, 9.17) is 11.6 Å². The van der Waals surface area contributed by atoms with E-state index < -0.39 is 21.3 Å². The van der Waals surface area contributed by atoms with Gasteiger partial charge in [-0.25, -0.2) is 0 Å². The summed E-state index contributed by atoms with van der Waals surface area (Å²) in [5.74, 6) is -0.574. The average molecular weight is 386 g/mol. The molecule has 0 aliphatic rings. The van der Waals surface area contributed by atoms with Crippen molar-refractivity contribution >= 4 is 44.7 Å². The van der Waals surface area contributed by atoms with E-state index in [2.05, 4.69) is 15.9 Å². The van der Waals surface area contributed by atoms with Crippen LogP contribution in [-0.2, 0) is 0 Å². The van der Waals surface area contributed by atoms with Gasteiger partial charge in [-0.3, -0.25) is 25.0 Å². The van der Waals surface area contributed by atoms with Crippen molar-refractivity contribution in [2.45, 2.75) is 0 Å². The van der Waals surface area contributed by atoms with Crippen molar-refractivity contribution in [2.75, 3.05) is 0 Å². The van der Waals surface area contributed by atoms with Crippen molar-refractivity contribution in [2.24, 2.45) is 0 Å². The summed E-state index contributed by atoms with van der Waals surface area (Å²) >= 11 is 8.70. The molecule has 7 nitrogen and oxygen atoms in total. The highest BCUT2D eigenvalue weighted by atomic mass is 79.9. The van der Waals surface area contributed by atoms with E-state index in [9.17, 15) is 25.0 Å². The Morgan fingerprint density at radius 3 is 2.00 bits per heavy atom. The smallest absolute Gasteiger partial charge is 0.288 e. The van der Waals surface area contributed by atoms with E-state index in [1.54, 1.807) is 0 Å². The first kappa shape index (κ1) is 16.1. The van der Waals surface area contributed by atoms with Gasteiger partial charge in [-0.2, -0.15) is 0 Å². The molecule has 9 heteroatoms. The van der Waals surface area contributed by atoms with Crippen LogP contribution < -0.4 is 0 Å². The van der Waals surface area contributed by atoms with Crippen molar-refractivity contribution in [1.82, 2.24) is 0 Å². The fourth-order valence-corrected chi connectivity index (χ4v) is 2.33. The predicted molar refractivity (Wildman–Crippen MR) is 82.3 cm³/mol. The molecule has 0 aliphatic carbocycles. The summed E-state index contributed by atoms with van der Waals surface area (Å²) in [5.41, 5.74) is -0.604. The van der Waals surface area contributed by atoms with E-state index in [0.717, 1.165) is 12.1 Å². The lowest BCUT2D eigenvalue weighted by Crippen LogP contribution is -2.03. The molecule has 0 amide bonds. The zero-order valence-electron chi connectivity index (χ0n) is 10.7. The molecule has 2 aromatic carbocycles. The highest BCUT2D eigenvalue weighted by Gasteiger charge is 2.20. The number of hydrogen-bond acceptors (Lipinski definition) is 5. The van der Waals surface area contributed by atoms with Gasteiger partial charge in [0.05, 0.1) is 14.3 Å². The van der Waals surface area contributed by atoms with E-state index in [-0.39, 0.29) is 26.3 Å². The van der Waals surface area contributed by atoms with Crippen LogP contribution in [-0.4, -0.2) is 15.6 Å². The van der Waals surface area contributed by atoms with Gasteiger partial charge in [0, 0.05) is 23.3 Å². The topological polar surface area (TPSA) is 103 Å². The highest BCUT2D eigenvalue weighted by molar-refractivity contribution is 9.10. The van der Waals surface area contributed by atoms with Crippen LogP contribution in [0.2, 0.25) is 5.02 Å². The minimum atomic E-state index is -0.705. The Morgan fingerprint density at radius 2 is 1.45 bits per heavy atom. The summed E-state index contributed by atoms with van der Waals surface area (Å²) in [5, 5.41) is 21.6. The molecule has 0 spiro atoms. The molecule has 0 radical (unpaired) electrons. The lowest BCUT2D eigenvalue weighted by molar-refractivity contribution is -0.385. The minimum Gasteiger partial charge on any atom is -0.289 e. The van der Waals surface area contributed by atoms with Gasteiger partial charge in [-0.15, -0.1) is 0 Å². The van der Waals surface area contributed by atoms with Crippen molar-refractivity contribution in [3.63, 3.8) is 0 Å². The van der Waals surface area contributed by atoms with Crippen molar-refractivity contribution in [3.8, 4) is 0 Å². The van der Waals surface area contributed by atoms with Crippen molar-refractivity contribution < 1.29 is 14.6 Å². The van der Waals surface area contributed by atoms with E-state index in [1.165, 1.54) is 24.3 Å². The molecule has 0 heterocycles. The maximum absolute atomic E-state index is 12.3. The van der Waals surface area contributed by atoms with Gasteiger partial charge >= 0.3 is 0 Å². The molecule has 0 unspecified atom stereocenters. The summed E-state index contributed by atoms with van der Waals surface area (Å²) in [6.07, 6.45) is 0. The van der Waals surface area contributed by atoms with Crippen LogP contribution in [0.1, 0.15) is 15.9 Å². The predicted octanol–water partition coefficient (Wildman–Crippen LogP) is 4.15. The number of hydrogen-bond donors (Lipinski definition) is 0. The first-order valence-electron chi connectivity index (χ1n) is 5.74. The maximum atomic E-state index is 12.3. The van der Waals surface area contributed by atoms with Crippen LogP contribution in [0, 0.1) is 20.2 Å². The molecule has 0 N–H and O–H groups in total. The number of ketones is 1. The zero-order valence-corrected chi connectivity index (χ0v) is 13.0. The van der Waals surface area contributed by atoms with Crippen LogP contribution in [0.15, 0.2) is 40.9 Å². The van der Waals surface area contributed by atoms with Gasteiger partial charge in [0.25, 0.3) is 11.4 Å². The second-order valence-electron chi connectivity index (χ2n) is 4.18. The third-order valence-corrected chi connectivity index (χ3v) is 3.80. The molecule has 2 rings (SSSR count). The Bertz CT molecular complexity index is 744. The zero-order chi connectivity index (χ0) is 16.4. The van der Waals surface area contributed by atoms with Crippen LogP contribution in [0.5, 0.6) is 0 Å². The van der Waals surface area contributed by atoms with Gasteiger partial charge in [-0.05, 0) is 40.2 Å². The summed E-state index contributed by atoms with van der Waals surface area (Å²) in [6, 6.07) is 7.46. The number of carbonyl (C=O) groups is 1. The Morgan fingerprint density at radius 1 is 0.955 bits per heavy atom. The molecular formula is C13H6BrClN2O5. The Balaban J connectivity index is 2.49. The molecule has 0 bridgehead atoms. The molecule has 0 fully saturated rings. The summed E-state index contributed by atoms with van der Waals surface area (Å²) < 4.78 is 0.233. The Hall–Kier alpha value is -2.32.